The van der Waals surface area contributed by atoms with E-state index in [2.05, 4.69) is 36.4 Å². The SMILES string of the molecule is O=C(Cn1c(-c2ccc(Cl)cc2)n[nH]c1=S)Nc1cc(Br)c[nH]c1=O. The van der Waals surface area contributed by atoms with Crippen molar-refractivity contribution < 1.29 is 4.79 Å². The Labute approximate surface area is 160 Å². The number of halogens is 2. The number of hydrogen-bond acceptors (Lipinski definition) is 4. The Morgan fingerprint density at radius 1 is 1.36 bits per heavy atom. The monoisotopic (exact) mass is 439 g/mol. The summed E-state index contributed by atoms with van der Waals surface area (Å²) in [6.07, 6.45) is 1.49. The quantitative estimate of drug-likeness (QED) is 0.542. The summed E-state index contributed by atoms with van der Waals surface area (Å²) in [6, 6.07) is 8.52. The summed E-state index contributed by atoms with van der Waals surface area (Å²) in [7, 11) is 0. The third-order valence-electron chi connectivity index (χ3n) is 3.30. The first-order valence-corrected chi connectivity index (χ1v) is 8.61. The lowest BCUT2D eigenvalue weighted by Crippen LogP contribution is -2.23. The fraction of sp³-hybridized carbons (Fsp3) is 0.0667. The maximum Gasteiger partial charge on any atom is 0.271 e. The van der Waals surface area contributed by atoms with Gasteiger partial charge in [-0.15, -0.1) is 0 Å². The van der Waals surface area contributed by atoms with Crippen LogP contribution in [0.1, 0.15) is 0 Å². The molecule has 0 saturated heterocycles. The Bertz CT molecular complexity index is 1040. The lowest BCUT2D eigenvalue weighted by molar-refractivity contribution is -0.116. The Hall–Kier alpha value is -2.23. The highest BCUT2D eigenvalue weighted by Crippen LogP contribution is 2.20. The number of nitrogens with one attached hydrogen (secondary N) is 3. The minimum atomic E-state index is -0.406. The van der Waals surface area contributed by atoms with Crippen LogP contribution in [-0.4, -0.2) is 25.7 Å². The van der Waals surface area contributed by atoms with E-state index in [0.717, 1.165) is 5.56 Å². The number of nitrogens with zero attached hydrogens (tertiary/aromatic N) is 2. The second kappa shape index (κ2) is 7.34. The van der Waals surface area contributed by atoms with Crippen LogP contribution in [-0.2, 0) is 11.3 Å². The number of carbonyl (C=O) groups excluding carboxylic acids is 1. The van der Waals surface area contributed by atoms with Crippen LogP contribution in [0.15, 0.2) is 45.8 Å². The fourth-order valence-corrected chi connectivity index (χ4v) is 2.83. The van der Waals surface area contributed by atoms with Crippen LogP contribution in [0.5, 0.6) is 0 Å². The molecule has 0 bridgehead atoms. The number of pyridine rings is 1. The van der Waals surface area contributed by atoms with Crippen LogP contribution in [0.3, 0.4) is 0 Å². The van der Waals surface area contributed by atoms with Gasteiger partial charge >= 0.3 is 0 Å². The third kappa shape index (κ3) is 4.06. The first-order chi connectivity index (χ1) is 11.9. The largest absolute Gasteiger partial charge is 0.326 e. The van der Waals surface area contributed by atoms with Gasteiger partial charge in [0.25, 0.3) is 5.56 Å². The number of rotatable bonds is 4. The van der Waals surface area contributed by atoms with Gasteiger partial charge in [-0.05, 0) is 58.5 Å². The molecule has 2 aromatic heterocycles. The van der Waals surface area contributed by atoms with Gasteiger partial charge in [0.2, 0.25) is 5.91 Å². The first kappa shape index (κ1) is 17.6. The van der Waals surface area contributed by atoms with Gasteiger partial charge in [0.05, 0.1) is 0 Å². The molecule has 0 spiro atoms. The van der Waals surface area contributed by atoms with Crippen molar-refractivity contribution in [1.82, 2.24) is 19.7 Å². The lowest BCUT2D eigenvalue weighted by atomic mass is 10.2. The molecule has 1 aromatic carbocycles. The summed E-state index contributed by atoms with van der Waals surface area (Å²) >= 11 is 14.3. The maximum absolute atomic E-state index is 12.3. The normalized spacial score (nSPS) is 10.6. The van der Waals surface area contributed by atoms with Crippen molar-refractivity contribution in [2.24, 2.45) is 0 Å². The number of benzene rings is 1. The van der Waals surface area contributed by atoms with Crippen LogP contribution < -0.4 is 10.9 Å². The van der Waals surface area contributed by atoms with E-state index >= 15 is 0 Å². The predicted octanol–water partition coefficient (Wildman–Crippen LogP) is 3.35. The fourth-order valence-electron chi connectivity index (χ4n) is 2.17. The van der Waals surface area contributed by atoms with E-state index in [1.165, 1.54) is 12.3 Å². The zero-order valence-electron chi connectivity index (χ0n) is 12.5. The van der Waals surface area contributed by atoms with E-state index < -0.39 is 11.5 Å². The summed E-state index contributed by atoms with van der Waals surface area (Å²) in [5, 5.41) is 9.98. The van der Waals surface area contributed by atoms with Gasteiger partial charge in [0.1, 0.15) is 12.2 Å². The minimum absolute atomic E-state index is 0.0980. The number of hydrogen-bond donors (Lipinski definition) is 3. The molecule has 128 valence electrons. The molecule has 0 saturated carbocycles. The van der Waals surface area contributed by atoms with Gasteiger partial charge in [0, 0.05) is 21.3 Å². The zero-order valence-corrected chi connectivity index (χ0v) is 15.7. The summed E-state index contributed by atoms with van der Waals surface area (Å²) in [6.45, 7) is -0.0980. The average molecular weight is 441 g/mol. The van der Waals surface area contributed by atoms with Crippen molar-refractivity contribution in [2.75, 3.05) is 5.32 Å². The molecular formula is C15H11BrClN5O2S. The van der Waals surface area contributed by atoms with Crippen molar-refractivity contribution in [3.8, 4) is 11.4 Å². The van der Waals surface area contributed by atoms with Gasteiger partial charge in [-0.25, -0.2) is 0 Å². The zero-order chi connectivity index (χ0) is 18.0. The van der Waals surface area contributed by atoms with E-state index in [4.69, 9.17) is 23.8 Å². The molecule has 0 unspecified atom stereocenters. The molecule has 10 heteroatoms. The van der Waals surface area contributed by atoms with Crippen LogP contribution in [0.2, 0.25) is 5.02 Å². The highest BCUT2D eigenvalue weighted by Gasteiger charge is 2.13. The summed E-state index contributed by atoms with van der Waals surface area (Å²) in [4.78, 5) is 26.6. The molecule has 0 aliphatic carbocycles. The second-order valence-corrected chi connectivity index (χ2v) is 6.79. The van der Waals surface area contributed by atoms with Crippen LogP contribution in [0.4, 0.5) is 5.69 Å². The van der Waals surface area contributed by atoms with Crippen molar-refractivity contribution >= 4 is 51.3 Å². The molecule has 0 radical (unpaired) electrons. The van der Waals surface area contributed by atoms with Crippen molar-refractivity contribution in [1.29, 1.82) is 0 Å². The molecule has 3 aromatic rings. The number of aromatic nitrogens is 4. The minimum Gasteiger partial charge on any atom is -0.326 e. The molecule has 3 N–H and O–H groups in total. The highest BCUT2D eigenvalue weighted by molar-refractivity contribution is 9.10. The molecule has 0 fully saturated rings. The van der Waals surface area contributed by atoms with Crippen LogP contribution >= 0.6 is 39.7 Å². The number of anilines is 1. The molecule has 3 rings (SSSR count). The third-order valence-corrected chi connectivity index (χ3v) is 4.33. The molecule has 2 heterocycles. The number of aromatic amines is 2. The molecule has 1 amide bonds. The molecule has 0 aliphatic rings. The van der Waals surface area contributed by atoms with Crippen molar-refractivity contribution in [3.05, 3.63) is 61.1 Å². The van der Waals surface area contributed by atoms with Crippen LogP contribution in [0, 0.1) is 4.77 Å². The van der Waals surface area contributed by atoms with E-state index in [1.807, 2.05) is 0 Å². The molecular weight excluding hydrogens is 430 g/mol. The lowest BCUT2D eigenvalue weighted by Gasteiger charge is -2.08. The number of carbonyl (C=O) groups is 1. The Kier molecular flexibility index (Phi) is 5.16. The molecule has 0 atom stereocenters. The van der Waals surface area contributed by atoms with E-state index in [9.17, 15) is 9.59 Å². The highest BCUT2D eigenvalue weighted by atomic mass is 79.9. The van der Waals surface area contributed by atoms with Gasteiger partial charge < -0.3 is 10.3 Å². The molecule has 7 nitrogen and oxygen atoms in total. The average Bonchev–Trinajstić information content (AvgIpc) is 2.93. The van der Waals surface area contributed by atoms with E-state index in [0.29, 0.717) is 20.1 Å². The molecule has 0 aliphatic heterocycles. The molecule has 25 heavy (non-hydrogen) atoms. The van der Waals surface area contributed by atoms with Crippen LogP contribution in [0.25, 0.3) is 11.4 Å². The van der Waals surface area contributed by atoms with Crippen molar-refractivity contribution in [2.45, 2.75) is 6.54 Å². The standard InChI is InChI=1S/C15H11BrClN5O2S/c16-9-5-11(14(24)18-6-9)19-12(23)7-22-13(20-21-15(22)25)8-1-3-10(17)4-2-8/h1-6H,7H2,(H,18,24)(H,19,23)(H,21,25). The predicted molar refractivity (Wildman–Crippen MR) is 101 cm³/mol. The second-order valence-electron chi connectivity index (χ2n) is 5.05. The number of amides is 1. The summed E-state index contributed by atoms with van der Waals surface area (Å²) in [5.41, 5.74) is 0.498. The summed E-state index contributed by atoms with van der Waals surface area (Å²) in [5.74, 6) is 0.0938. The topological polar surface area (TPSA) is 95.6 Å². The van der Waals surface area contributed by atoms with E-state index in [-0.39, 0.29) is 12.2 Å². The Morgan fingerprint density at radius 2 is 2.08 bits per heavy atom. The van der Waals surface area contributed by atoms with Gasteiger partial charge in [-0.3, -0.25) is 19.3 Å². The van der Waals surface area contributed by atoms with Gasteiger partial charge in [-0.2, -0.15) is 5.10 Å². The van der Waals surface area contributed by atoms with Gasteiger partial charge in [0.15, 0.2) is 10.6 Å². The Balaban J connectivity index is 1.86. The number of H-pyrrole nitrogens is 2. The van der Waals surface area contributed by atoms with E-state index in [1.54, 1.807) is 28.8 Å². The maximum atomic E-state index is 12.3. The smallest absolute Gasteiger partial charge is 0.271 e. The first-order valence-electron chi connectivity index (χ1n) is 7.03. The van der Waals surface area contributed by atoms with Crippen molar-refractivity contribution in [3.63, 3.8) is 0 Å². The summed E-state index contributed by atoms with van der Waals surface area (Å²) < 4.78 is 2.48. The van der Waals surface area contributed by atoms with Gasteiger partial charge in [-0.1, -0.05) is 11.6 Å². The Morgan fingerprint density at radius 3 is 2.80 bits per heavy atom.